The molecule has 2 aliphatic rings. The van der Waals surface area contributed by atoms with Gasteiger partial charge in [0.15, 0.2) is 0 Å². The molecule has 17 heavy (non-hydrogen) atoms. The van der Waals surface area contributed by atoms with Crippen LogP contribution in [0.1, 0.15) is 26.7 Å². The van der Waals surface area contributed by atoms with Crippen molar-refractivity contribution in [2.75, 3.05) is 24.6 Å². The molecule has 0 amide bonds. The predicted octanol–water partition coefficient (Wildman–Crippen LogP) is 0.894. The monoisotopic (exact) mass is 278 g/mol. The first-order chi connectivity index (χ1) is 8.01. The fraction of sp³-hybridized carbons (Fsp3) is 1.00. The first-order valence-electron chi connectivity index (χ1n) is 6.33. The maximum atomic E-state index is 12.4. The first-order valence-corrected chi connectivity index (χ1v) is 8.99. The Bertz CT molecular complexity index is 354. The van der Waals surface area contributed by atoms with Crippen molar-refractivity contribution in [3.63, 3.8) is 0 Å². The van der Waals surface area contributed by atoms with E-state index >= 15 is 0 Å². The molecule has 0 radical (unpaired) electrons. The molecular formula is C11H22N2O2S2. The minimum absolute atomic E-state index is 0.141. The molecule has 0 bridgehead atoms. The summed E-state index contributed by atoms with van der Waals surface area (Å²) < 4.78 is 26.5. The summed E-state index contributed by atoms with van der Waals surface area (Å²) in [6.45, 7) is 5.08. The molecular weight excluding hydrogens is 256 g/mol. The van der Waals surface area contributed by atoms with Crippen LogP contribution in [0.5, 0.6) is 0 Å². The summed E-state index contributed by atoms with van der Waals surface area (Å²) in [5.41, 5.74) is 0. The van der Waals surface area contributed by atoms with Crippen molar-refractivity contribution in [1.82, 2.24) is 9.62 Å². The number of sulfonamides is 1. The van der Waals surface area contributed by atoms with Gasteiger partial charge in [-0.1, -0.05) is 0 Å². The van der Waals surface area contributed by atoms with Crippen LogP contribution in [0.2, 0.25) is 0 Å². The Morgan fingerprint density at radius 2 is 2.18 bits per heavy atom. The molecule has 2 fully saturated rings. The first kappa shape index (κ1) is 13.6. The summed E-state index contributed by atoms with van der Waals surface area (Å²) in [4.78, 5) is 0. The van der Waals surface area contributed by atoms with Gasteiger partial charge < -0.3 is 5.32 Å². The fourth-order valence-electron chi connectivity index (χ4n) is 2.05. The van der Waals surface area contributed by atoms with Gasteiger partial charge >= 0.3 is 0 Å². The Hall–Kier alpha value is 0.220. The summed E-state index contributed by atoms with van der Waals surface area (Å²) in [6, 6.07) is 0.712. The van der Waals surface area contributed by atoms with E-state index in [2.05, 4.69) is 5.32 Å². The largest absolute Gasteiger partial charge is 0.313 e. The van der Waals surface area contributed by atoms with E-state index in [-0.39, 0.29) is 11.3 Å². The molecule has 2 unspecified atom stereocenters. The van der Waals surface area contributed by atoms with E-state index in [1.165, 1.54) is 12.8 Å². The molecule has 0 aromatic rings. The zero-order valence-electron chi connectivity index (χ0n) is 10.6. The molecule has 1 saturated carbocycles. The highest BCUT2D eigenvalue weighted by molar-refractivity contribution is 7.99. The van der Waals surface area contributed by atoms with Gasteiger partial charge in [0.1, 0.15) is 0 Å². The Labute approximate surface area is 109 Å². The minimum Gasteiger partial charge on any atom is -0.313 e. The molecule has 1 heterocycles. The highest BCUT2D eigenvalue weighted by Crippen LogP contribution is 2.23. The van der Waals surface area contributed by atoms with Gasteiger partial charge in [-0.15, -0.1) is 0 Å². The summed E-state index contributed by atoms with van der Waals surface area (Å²) in [5, 5.41) is 2.99. The van der Waals surface area contributed by atoms with E-state index in [9.17, 15) is 8.42 Å². The van der Waals surface area contributed by atoms with Crippen LogP contribution < -0.4 is 5.32 Å². The second kappa shape index (κ2) is 5.47. The van der Waals surface area contributed by atoms with Gasteiger partial charge in [0.2, 0.25) is 10.0 Å². The van der Waals surface area contributed by atoms with E-state index in [1.54, 1.807) is 4.31 Å². The van der Waals surface area contributed by atoms with Crippen molar-refractivity contribution in [2.24, 2.45) is 0 Å². The van der Waals surface area contributed by atoms with Crippen LogP contribution in [0.25, 0.3) is 0 Å². The van der Waals surface area contributed by atoms with Crippen LogP contribution in [0.4, 0.5) is 0 Å². The van der Waals surface area contributed by atoms with Gasteiger partial charge in [-0.05, 0) is 26.7 Å². The van der Waals surface area contributed by atoms with Crippen molar-refractivity contribution in [2.45, 2.75) is 44.0 Å². The fourth-order valence-corrected chi connectivity index (χ4v) is 4.96. The van der Waals surface area contributed by atoms with Crippen LogP contribution in [0.15, 0.2) is 0 Å². The third kappa shape index (κ3) is 3.36. The number of hydrogen-bond donors (Lipinski definition) is 1. The van der Waals surface area contributed by atoms with Gasteiger partial charge in [-0.25, -0.2) is 8.42 Å². The Morgan fingerprint density at radius 3 is 2.76 bits per heavy atom. The lowest BCUT2D eigenvalue weighted by molar-refractivity contribution is 0.361. The molecule has 100 valence electrons. The lowest BCUT2D eigenvalue weighted by atomic mass is 10.4. The quantitative estimate of drug-likeness (QED) is 0.811. The third-order valence-electron chi connectivity index (χ3n) is 3.41. The number of nitrogens with one attached hydrogen (secondary N) is 1. The maximum absolute atomic E-state index is 12.4. The summed E-state index contributed by atoms with van der Waals surface area (Å²) in [6.07, 6.45) is 2.40. The SMILES string of the molecule is CC1CSCCN1S(=O)(=O)C(C)CNC1CC1. The summed E-state index contributed by atoms with van der Waals surface area (Å²) >= 11 is 1.84. The molecule has 4 nitrogen and oxygen atoms in total. The van der Waals surface area contributed by atoms with Crippen LogP contribution in [-0.2, 0) is 10.0 Å². The number of thioether (sulfide) groups is 1. The van der Waals surface area contributed by atoms with E-state index in [0.29, 0.717) is 19.1 Å². The number of hydrogen-bond acceptors (Lipinski definition) is 4. The van der Waals surface area contributed by atoms with E-state index in [4.69, 9.17) is 0 Å². The maximum Gasteiger partial charge on any atom is 0.218 e. The highest BCUT2D eigenvalue weighted by atomic mass is 32.2. The van der Waals surface area contributed by atoms with Gasteiger partial charge in [0, 0.05) is 36.7 Å². The third-order valence-corrected chi connectivity index (χ3v) is 6.98. The molecule has 2 atom stereocenters. The number of rotatable bonds is 5. The van der Waals surface area contributed by atoms with E-state index in [1.807, 2.05) is 25.6 Å². The predicted molar refractivity (Wildman–Crippen MR) is 72.9 cm³/mol. The molecule has 6 heteroatoms. The van der Waals surface area contributed by atoms with Crippen LogP contribution >= 0.6 is 11.8 Å². The van der Waals surface area contributed by atoms with Gasteiger partial charge in [-0.2, -0.15) is 16.1 Å². The topological polar surface area (TPSA) is 49.4 Å². The summed E-state index contributed by atoms with van der Waals surface area (Å²) in [5.74, 6) is 1.84. The smallest absolute Gasteiger partial charge is 0.218 e. The Morgan fingerprint density at radius 1 is 1.47 bits per heavy atom. The second-order valence-electron chi connectivity index (χ2n) is 5.07. The second-order valence-corrected chi connectivity index (χ2v) is 8.53. The molecule has 0 aromatic heterocycles. The van der Waals surface area contributed by atoms with Crippen molar-refractivity contribution in [3.8, 4) is 0 Å². The van der Waals surface area contributed by atoms with Crippen molar-refractivity contribution < 1.29 is 8.42 Å². The van der Waals surface area contributed by atoms with Gasteiger partial charge in [0.05, 0.1) is 5.25 Å². The minimum atomic E-state index is -3.12. The Balaban J connectivity index is 1.94. The van der Waals surface area contributed by atoms with Crippen LogP contribution in [-0.4, -0.2) is 54.7 Å². The molecule has 2 rings (SSSR count). The average Bonchev–Trinajstić information content (AvgIpc) is 3.10. The summed E-state index contributed by atoms with van der Waals surface area (Å²) in [7, 11) is -3.12. The van der Waals surface area contributed by atoms with E-state index in [0.717, 1.165) is 11.5 Å². The molecule has 1 aliphatic heterocycles. The molecule has 0 spiro atoms. The zero-order valence-corrected chi connectivity index (χ0v) is 12.2. The Kier molecular flexibility index (Phi) is 4.39. The lowest BCUT2D eigenvalue weighted by Crippen LogP contribution is -2.49. The molecule has 0 aromatic carbocycles. The van der Waals surface area contributed by atoms with Crippen molar-refractivity contribution >= 4 is 21.8 Å². The molecule has 1 N–H and O–H groups in total. The lowest BCUT2D eigenvalue weighted by Gasteiger charge is -2.34. The number of nitrogens with zero attached hydrogens (tertiary/aromatic N) is 1. The van der Waals surface area contributed by atoms with Crippen molar-refractivity contribution in [1.29, 1.82) is 0 Å². The molecule has 1 saturated heterocycles. The van der Waals surface area contributed by atoms with Crippen LogP contribution in [0, 0.1) is 0 Å². The standard InChI is InChI=1S/C11H22N2O2S2/c1-9-8-16-6-5-13(9)17(14,15)10(2)7-12-11-3-4-11/h9-12H,3-8H2,1-2H3. The normalized spacial score (nSPS) is 29.2. The van der Waals surface area contributed by atoms with Crippen LogP contribution in [0.3, 0.4) is 0 Å². The van der Waals surface area contributed by atoms with Crippen molar-refractivity contribution in [3.05, 3.63) is 0 Å². The molecule has 1 aliphatic carbocycles. The van der Waals surface area contributed by atoms with Gasteiger partial charge in [0.25, 0.3) is 0 Å². The van der Waals surface area contributed by atoms with E-state index < -0.39 is 10.0 Å². The zero-order chi connectivity index (χ0) is 12.5. The highest BCUT2D eigenvalue weighted by Gasteiger charge is 2.34. The van der Waals surface area contributed by atoms with Gasteiger partial charge in [-0.3, -0.25) is 0 Å². The average molecular weight is 278 g/mol.